The highest BCUT2D eigenvalue weighted by atomic mass is 32.2. The molecule has 0 radical (unpaired) electrons. The fourth-order valence-corrected chi connectivity index (χ4v) is 5.19. The minimum atomic E-state index is -3.51. The number of benzene rings is 2. The number of carbonyl (C=O) groups excluding carboxylic acids is 1. The Morgan fingerprint density at radius 3 is 2.13 bits per heavy atom. The number of nitrogens with zero attached hydrogens (tertiary/aromatic N) is 3. The average Bonchev–Trinajstić information content (AvgIpc) is 2.84. The molecule has 2 aromatic rings. The van der Waals surface area contributed by atoms with Crippen molar-refractivity contribution in [1.29, 1.82) is 0 Å². The molecule has 0 bridgehead atoms. The average molecular weight is 442 g/mol. The molecule has 8 heteroatoms. The summed E-state index contributed by atoms with van der Waals surface area (Å²) in [6.45, 7) is 4.54. The SMILES string of the molecule is O=C(/C=C/c1ccc(S(=O)(=O)N2CCOCC2)cc1)N1CCN(c2ccccc2)CC1. The number of hydrogen-bond donors (Lipinski definition) is 0. The Hall–Kier alpha value is -2.68. The van der Waals surface area contributed by atoms with Gasteiger partial charge < -0.3 is 14.5 Å². The van der Waals surface area contributed by atoms with Gasteiger partial charge in [0, 0.05) is 51.0 Å². The first kappa shape index (κ1) is 21.5. The van der Waals surface area contributed by atoms with Gasteiger partial charge in [-0.3, -0.25) is 4.79 Å². The minimum Gasteiger partial charge on any atom is -0.379 e. The summed E-state index contributed by atoms with van der Waals surface area (Å²) in [5, 5.41) is 0. The van der Waals surface area contributed by atoms with Gasteiger partial charge in [-0.15, -0.1) is 0 Å². The number of ether oxygens (including phenoxy) is 1. The summed E-state index contributed by atoms with van der Waals surface area (Å²) in [4.78, 5) is 16.9. The third-order valence-electron chi connectivity index (χ3n) is 5.62. The molecule has 0 saturated carbocycles. The van der Waals surface area contributed by atoms with Gasteiger partial charge in [0.2, 0.25) is 15.9 Å². The molecular weight excluding hydrogens is 414 g/mol. The first-order valence-electron chi connectivity index (χ1n) is 10.5. The van der Waals surface area contributed by atoms with Gasteiger partial charge in [0.15, 0.2) is 0 Å². The molecule has 0 aromatic heterocycles. The molecule has 1 amide bonds. The number of sulfonamides is 1. The number of para-hydroxylation sites is 1. The van der Waals surface area contributed by atoms with Crippen molar-refractivity contribution < 1.29 is 17.9 Å². The molecule has 164 valence electrons. The van der Waals surface area contributed by atoms with Gasteiger partial charge >= 0.3 is 0 Å². The highest BCUT2D eigenvalue weighted by Gasteiger charge is 2.26. The summed E-state index contributed by atoms with van der Waals surface area (Å²) in [7, 11) is -3.51. The number of carbonyl (C=O) groups is 1. The predicted molar refractivity (Wildman–Crippen MR) is 120 cm³/mol. The molecule has 0 aliphatic carbocycles. The van der Waals surface area contributed by atoms with Crippen LogP contribution in [0.25, 0.3) is 6.08 Å². The number of morpholine rings is 1. The lowest BCUT2D eigenvalue weighted by molar-refractivity contribution is -0.126. The van der Waals surface area contributed by atoms with Crippen molar-refractivity contribution in [3.63, 3.8) is 0 Å². The number of anilines is 1. The lowest BCUT2D eigenvalue weighted by Crippen LogP contribution is -2.48. The standard InChI is InChI=1S/C23H27N3O4S/c27-23(25-14-12-24(13-15-25)21-4-2-1-3-5-21)11-8-20-6-9-22(10-7-20)31(28,29)26-16-18-30-19-17-26/h1-11H,12-19H2/b11-8+. The first-order valence-corrected chi connectivity index (χ1v) is 11.9. The van der Waals surface area contributed by atoms with Crippen LogP contribution >= 0.6 is 0 Å². The molecule has 2 fully saturated rings. The van der Waals surface area contributed by atoms with E-state index in [4.69, 9.17) is 4.74 Å². The minimum absolute atomic E-state index is 0.0299. The third-order valence-corrected chi connectivity index (χ3v) is 7.53. The normalized spacial score (nSPS) is 18.5. The number of rotatable bonds is 5. The van der Waals surface area contributed by atoms with E-state index in [1.165, 1.54) is 9.99 Å². The quantitative estimate of drug-likeness (QED) is 0.665. The van der Waals surface area contributed by atoms with Crippen LogP contribution in [0.5, 0.6) is 0 Å². The Kier molecular flexibility index (Phi) is 6.70. The molecule has 2 aliphatic heterocycles. The van der Waals surface area contributed by atoms with Gasteiger partial charge in [0.25, 0.3) is 0 Å². The summed E-state index contributed by atoms with van der Waals surface area (Å²) in [5.74, 6) is -0.0299. The first-order chi connectivity index (χ1) is 15.0. The van der Waals surface area contributed by atoms with Crippen LogP contribution in [-0.2, 0) is 19.6 Å². The fourth-order valence-electron chi connectivity index (χ4n) is 3.78. The maximum absolute atomic E-state index is 12.7. The zero-order valence-electron chi connectivity index (χ0n) is 17.4. The van der Waals surface area contributed by atoms with Crippen molar-refractivity contribution in [3.05, 3.63) is 66.2 Å². The van der Waals surface area contributed by atoms with Crippen molar-refractivity contribution in [1.82, 2.24) is 9.21 Å². The Morgan fingerprint density at radius 1 is 0.839 bits per heavy atom. The second-order valence-electron chi connectivity index (χ2n) is 7.57. The summed E-state index contributed by atoms with van der Waals surface area (Å²) in [5.41, 5.74) is 1.97. The van der Waals surface area contributed by atoms with Crippen LogP contribution in [-0.4, -0.2) is 76.0 Å². The maximum atomic E-state index is 12.7. The Morgan fingerprint density at radius 2 is 1.48 bits per heavy atom. The monoisotopic (exact) mass is 441 g/mol. The van der Waals surface area contributed by atoms with Gasteiger partial charge in [-0.2, -0.15) is 4.31 Å². The molecule has 0 N–H and O–H groups in total. The largest absolute Gasteiger partial charge is 0.379 e. The zero-order valence-corrected chi connectivity index (χ0v) is 18.2. The highest BCUT2D eigenvalue weighted by Crippen LogP contribution is 2.19. The van der Waals surface area contributed by atoms with Crippen LogP contribution in [0.2, 0.25) is 0 Å². The van der Waals surface area contributed by atoms with Gasteiger partial charge in [0.05, 0.1) is 18.1 Å². The Bertz CT molecular complexity index is 1010. The number of piperazine rings is 1. The van der Waals surface area contributed by atoms with E-state index >= 15 is 0 Å². The number of hydrogen-bond acceptors (Lipinski definition) is 5. The molecule has 31 heavy (non-hydrogen) atoms. The summed E-state index contributed by atoms with van der Waals surface area (Å²) in [6.07, 6.45) is 3.29. The van der Waals surface area contributed by atoms with E-state index in [9.17, 15) is 13.2 Å². The molecule has 7 nitrogen and oxygen atoms in total. The van der Waals surface area contributed by atoms with E-state index in [-0.39, 0.29) is 10.8 Å². The predicted octanol–water partition coefficient (Wildman–Crippen LogP) is 2.07. The Labute approximate surface area is 183 Å². The Balaban J connectivity index is 1.33. The van der Waals surface area contributed by atoms with E-state index in [1.54, 1.807) is 36.4 Å². The van der Waals surface area contributed by atoms with Crippen molar-refractivity contribution in [3.8, 4) is 0 Å². The molecule has 0 spiro atoms. The van der Waals surface area contributed by atoms with Crippen LogP contribution in [0, 0.1) is 0 Å². The van der Waals surface area contributed by atoms with E-state index < -0.39 is 10.0 Å². The molecule has 0 unspecified atom stereocenters. The van der Waals surface area contributed by atoms with Gasteiger partial charge in [-0.1, -0.05) is 30.3 Å². The van der Waals surface area contributed by atoms with E-state index in [2.05, 4.69) is 17.0 Å². The lowest BCUT2D eigenvalue weighted by Gasteiger charge is -2.35. The smallest absolute Gasteiger partial charge is 0.246 e. The maximum Gasteiger partial charge on any atom is 0.246 e. The van der Waals surface area contributed by atoms with E-state index in [0.717, 1.165) is 18.7 Å². The van der Waals surface area contributed by atoms with Crippen LogP contribution in [0.4, 0.5) is 5.69 Å². The molecule has 2 saturated heterocycles. The lowest BCUT2D eigenvalue weighted by atomic mass is 10.2. The zero-order chi connectivity index (χ0) is 21.7. The van der Waals surface area contributed by atoms with Crippen molar-refractivity contribution in [2.75, 3.05) is 57.4 Å². The molecule has 2 heterocycles. The molecular formula is C23H27N3O4S. The molecule has 2 aromatic carbocycles. The third kappa shape index (κ3) is 5.15. The molecule has 0 atom stereocenters. The van der Waals surface area contributed by atoms with Crippen molar-refractivity contribution in [2.45, 2.75) is 4.90 Å². The van der Waals surface area contributed by atoms with E-state index in [0.29, 0.717) is 39.4 Å². The van der Waals surface area contributed by atoms with Crippen molar-refractivity contribution in [2.24, 2.45) is 0 Å². The van der Waals surface area contributed by atoms with Crippen LogP contribution in [0.15, 0.2) is 65.6 Å². The summed E-state index contributed by atoms with van der Waals surface area (Å²) in [6, 6.07) is 16.8. The van der Waals surface area contributed by atoms with Gasteiger partial charge in [-0.05, 0) is 35.9 Å². The number of amides is 1. The van der Waals surface area contributed by atoms with Gasteiger partial charge in [0.1, 0.15) is 0 Å². The van der Waals surface area contributed by atoms with E-state index in [1.807, 2.05) is 23.1 Å². The van der Waals surface area contributed by atoms with Gasteiger partial charge in [-0.25, -0.2) is 8.42 Å². The second-order valence-corrected chi connectivity index (χ2v) is 9.50. The summed E-state index contributed by atoms with van der Waals surface area (Å²) < 4.78 is 32.0. The fraction of sp³-hybridized carbons (Fsp3) is 0.348. The summed E-state index contributed by atoms with van der Waals surface area (Å²) >= 11 is 0. The van der Waals surface area contributed by atoms with Crippen molar-refractivity contribution >= 4 is 27.7 Å². The highest BCUT2D eigenvalue weighted by molar-refractivity contribution is 7.89. The molecule has 4 rings (SSSR count). The van der Waals surface area contributed by atoms with Crippen LogP contribution in [0.3, 0.4) is 0 Å². The van der Waals surface area contributed by atoms with Crippen LogP contribution in [0.1, 0.15) is 5.56 Å². The molecule has 2 aliphatic rings. The topological polar surface area (TPSA) is 70.2 Å². The van der Waals surface area contributed by atoms with Crippen LogP contribution < -0.4 is 4.90 Å². The second kappa shape index (κ2) is 9.64.